The number of anilines is 2. The lowest BCUT2D eigenvalue weighted by molar-refractivity contribution is -0.136. The van der Waals surface area contributed by atoms with Gasteiger partial charge in [-0.05, 0) is 88.3 Å². The minimum absolute atomic E-state index is 0.210. The van der Waals surface area contributed by atoms with E-state index in [0.717, 1.165) is 68.8 Å². The second-order valence-electron chi connectivity index (χ2n) is 13.4. The Balaban J connectivity index is 0.979. The van der Waals surface area contributed by atoms with Gasteiger partial charge in [-0.25, -0.2) is 14.2 Å². The van der Waals surface area contributed by atoms with Crippen molar-refractivity contribution in [3.63, 3.8) is 0 Å². The molecule has 2 aromatic carbocycles. The standard InChI is InChI=1S/C36H45FN6O2/c1-25-38-33-24-40(35(44)26-8-5-6-9-26)21-18-34(33)43(25)32-22-30-16-17-31(23-32)41(30)19-7-20-42(29-10-3-2-4-11-29)36(45)39-28-14-12-27(37)13-15-28/h2-4,10-15,26,30-32H,5-9,16-24H2,1H3,(H,39,45)/t30-,31+,32?. The predicted octanol–water partition coefficient (Wildman–Crippen LogP) is 6.70. The van der Waals surface area contributed by atoms with E-state index < -0.39 is 0 Å². The normalized spacial score (nSPS) is 23.2. The fraction of sp³-hybridized carbons (Fsp3) is 0.528. The first-order chi connectivity index (χ1) is 21.9. The molecule has 1 aromatic heterocycles. The molecule has 4 aliphatic rings. The molecule has 0 radical (unpaired) electrons. The highest BCUT2D eigenvalue weighted by molar-refractivity contribution is 6.01. The van der Waals surface area contributed by atoms with Gasteiger partial charge in [-0.1, -0.05) is 31.0 Å². The van der Waals surface area contributed by atoms with E-state index in [1.165, 1.54) is 43.5 Å². The van der Waals surface area contributed by atoms with Crippen molar-refractivity contribution in [2.24, 2.45) is 5.92 Å². The van der Waals surface area contributed by atoms with Crippen LogP contribution >= 0.6 is 0 Å². The number of halogens is 1. The van der Waals surface area contributed by atoms with Gasteiger partial charge in [0.05, 0.1) is 12.2 Å². The monoisotopic (exact) mass is 612 g/mol. The Morgan fingerprint density at radius 3 is 2.38 bits per heavy atom. The molecular formula is C36H45FN6O2. The van der Waals surface area contributed by atoms with Crippen molar-refractivity contribution in [3.8, 4) is 0 Å². The molecule has 1 saturated carbocycles. The number of hydrogen-bond acceptors (Lipinski definition) is 4. The minimum atomic E-state index is -0.327. The number of rotatable bonds is 8. The summed E-state index contributed by atoms with van der Waals surface area (Å²) in [4.78, 5) is 38.0. The molecule has 3 amide bonds. The molecule has 1 N–H and O–H groups in total. The fourth-order valence-corrected chi connectivity index (χ4v) is 8.56. The van der Waals surface area contributed by atoms with Crippen LogP contribution in [-0.2, 0) is 17.8 Å². The number of nitrogens with zero attached hydrogens (tertiary/aromatic N) is 5. The quantitative estimate of drug-likeness (QED) is 0.307. The van der Waals surface area contributed by atoms with Crippen molar-refractivity contribution < 1.29 is 14.0 Å². The molecular weight excluding hydrogens is 567 g/mol. The van der Waals surface area contributed by atoms with Gasteiger partial charge in [0.1, 0.15) is 11.6 Å². The zero-order chi connectivity index (χ0) is 30.9. The third-order valence-corrected chi connectivity index (χ3v) is 10.7. The molecule has 238 valence electrons. The highest BCUT2D eigenvalue weighted by atomic mass is 19.1. The Bertz CT molecular complexity index is 1490. The number of carbonyl (C=O) groups is 2. The number of fused-ring (bicyclic) bond motifs is 3. The van der Waals surface area contributed by atoms with Gasteiger partial charge in [0, 0.05) is 67.2 Å². The van der Waals surface area contributed by atoms with Crippen molar-refractivity contribution in [2.45, 2.75) is 95.8 Å². The topological polar surface area (TPSA) is 73.7 Å². The molecule has 2 saturated heterocycles. The van der Waals surface area contributed by atoms with Crippen molar-refractivity contribution >= 4 is 23.3 Å². The van der Waals surface area contributed by atoms with E-state index in [9.17, 15) is 14.0 Å². The zero-order valence-electron chi connectivity index (χ0n) is 26.3. The summed E-state index contributed by atoms with van der Waals surface area (Å²) in [5.74, 6) is 1.33. The van der Waals surface area contributed by atoms with Crippen LogP contribution in [0.4, 0.5) is 20.6 Å². The molecule has 3 atom stereocenters. The SMILES string of the molecule is Cc1nc2c(n1C1C[C@H]3CC[C@@H](C1)N3CCCN(C(=O)Nc1ccc(F)cc1)c1ccccc1)CCN(C(=O)C1CCCC1)C2. The molecule has 7 rings (SSSR count). The Kier molecular flexibility index (Phi) is 8.62. The average Bonchev–Trinajstić information content (AvgIpc) is 3.76. The van der Waals surface area contributed by atoms with E-state index in [2.05, 4.69) is 26.6 Å². The van der Waals surface area contributed by atoms with Crippen molar-refractivity contribution in [1.29, 1.82) is 0 Å². The van der Waals surface area contributed by atoms with Crippen LogP contribution in [0, 0.1) is 18.7 Å². The first-order valence-electron chi connectivity index (χ1n) is 16.9. The summed E-state index contributed by atoms with van der Waals surface area (Å²) < 4.78 is 15.9. The van der Waals surface area contributed by atoms with E-state index in [4.69, 9.17) is 4.98 Å². The molecule has 45 heavy (non-hydrogen) atoms. The number of aromatic nitrogens is 2. The maximum atomic E-state index is 13.4. The van der Waals surface area contributed by atoms with Crippen molar-refractivity contribution in [3.05, 3.63) is 77.6 Å². The van der Waals surface area contributed by atoms with Crippen LogP contribution in [0.2, 0.25) is 0 Å². The molecule has 3 aliphatic heterocycles. The van der Waals surface area contributed by atoms with Crippen LogP contribution in [0.5, 0.6) is 0 Å². The molecule has 8 nitrogen and oxygen atoms in total. The van der Waals surface area contributed by atoms with Crippen LogP contribution in [0.25, 0.3) is 0 Å². The maximum Gasteiger partial charge on any atom is 0.326 e. The molecule has 3 fully saturated rings. The van der Waals surface area contributed by atoms with Gasteiger partial charge in [0.15, 0.2) is 0 Å². The summed E-state index contributed by atoms with van der Waals surface area (Å²) >= 11 is 0. The number of amides is 3. The van der Waals surface area contributed by atoms with E-state index in [1.54, 1.807) is 17.0 Å². The number of carbonyl (C=O) groups excluding carboxylic acids is 2. The van der Waals surface area contributed by atoms with Gasteiger partial charge < -0.3 is 14.8 Å². The van der Waals surface area contributed by atoms with E-state index in [1.807, 2.05) is 30.3 Å². The first-order valence-corrected chi connectivity index (χ1v) is 16.9. The Labute approximate surface area is 265 Å². The predicted molar refractivity (Wildman–Crippen MR) is 174 cm³/mol. The molecule has 0 spiro atoms. The lowest BCUT2D eigenvalue weighted by Gasteiger charge is -2.41. The molecule has 1 aliphatic carbocycles. The fourth-order valence-electron chi connectivity index (χ4n) is 8.56. The molecule has 4 heterocycles. The second kappa shape index (κ2) is 12.9. The first kappa shape index (κ1) is 30.0. The van der Waals surface area contributed by atoms with Gasteiger partial charge >= 0.3 is 6.03 Å². The summed E-state index contributed by atoms with van der Waals surface area (Å²) in [5, 5.41) is 2.94. The van der Waals surface area contributed by atoms with E-state index in [0.29, 0.717) is 42.8 Å². The smallest absolute Gasteiger partial charge is 0.326 e. The Hall–Kier alpha value is -3.72. The zero-order valence-corrected chi connectivity index (χ0v) is 26.3. The van der Waals surface area contributed by atoms with Crippen molar-refractivity contribution in [2.75, 3.05) is 29.9 Å². The van der Waals surface area contributed by atoms with E-state index >= 15 is 0 Å². The summed E-state index contributed by atoms with van der Waals surface area (Å²) in [6, 6.07) is 17.0. The number of benzene rings is 2. The average molecular weight is 613 g/mol. The van der Waals surface area contributed by atoms with Gasteiger partial charge in [-0.2, -0.15) is 0 Å². The lowest BCUT2D eigenvalue weighted by atomic mass is 9.95. The number of piperidine rings is 1. The summed E-state index contributed by atoms with van der Waals surface area (Å²) in [6.07, 6.45) is 10.9. The largest absolute Gasteiger partial charge is 0.336 e. The van der Waals surface area contributed by atoms with Crippen LogP contribution in [0.1, 0.15) is 81.0 Å². The number of imidazole rings is 1. The molecule has 1 unspecified atom stereocenters. The van der Waals surface area contributed by atoms with Crippen LogP contribution in [0.15, 0.2) is 54.6 Å². The summed E-state index contributed by atoms with van der Waals surface area (Å²) in [7, 11) is 0. The Morgan fingerprint density at radius 1 is 0.956 bits per heavy atom. The van der Waals surface area contributed by atoms with Crippen molar-refractivity contribution in [1.82, 2.24) is 19.4 Å². The van der Waals surface area contributed by atoms with Crippen LogP contribution in [-0.4, -0.2) is 63.0 Å². The van der Waals surface area contributed by atoms with E-state index in [-0.39, 0.29) is 17.8 Å². The van der Waals surface area contributed by atoms with Gasteiger partial charge in [-0.3, -0.25) is 14.6 Å². The van der Waals surface area contributed by atoms with Gasteiger partial charge in [0.2, 0.25) is 5.91 Å². The van der Waals surface area contributed by atoms with Crippen LogP contribution in [0.3, 0.4) is 0 Å². The second-order valence-corrected chi connectivity index (χ2v) is 13.4. The van der Waals surface area contributed by atoms with Gasteiger partial charge in [-0.15, -0.1) is 0 Å². The summed E-state index contributed by atoms with van der Waals surface area (Å²) in [5.41, 5.74) is 3.89. The lowest BCUT2D eigenvalue weighted by Crippen LogP contribution is -2.45. The maximum absolute atomic E-state index is 13.4. The third kappa shape index (κ3) is 6.24. The number of aryl methyl sites for hydroxylation is 1. The molecule has 3 aromatic rings. The van der Waals surface area contributed by atoms with Gasteiger partial charge in [0.25, 0.3) is 0 Å². The third-order valence-electron chi connectivity index (χ3n) is 10.7. The minimum Gasteiger partial charge on any atom is -0.336 e. The molecule has 9 heteroatoms. The number of urea groups is 1. The number of hydrogen-bond donors (Lipinski definition) is 1. The Morgan fingerprint density at radius 2 is 1.67 bits per heavy atom. The highest BCUT2D eigenvalue weighted by Crippen LogP contribution is 2.42. The van der Waals surface area contributed by atoms with Crippen LogP contribution < -0.4 is 10.2 Å². The summed E-state index contributed by atoms with van der Waals surface area (Å²) in [6.45, 7) is 5.17. The number of nitrogens with one attached hydrogen (secondary N) is 1. The highest BCUT2D eigenvalue weighted by Gasteiger charge is 2.42. The molecule has 2 bridgehead atoms. The number of para-hydroxylation sites is 1.